The first-order valence-electron chi connectivity index (χ1n) is 8.65. The zero-order valence-corrected chi connectivity index (χ0v) is 14.4. The number of nitrogens with one attached hydrogen (secondary N) is 2. The number of hydrogen-bond acceptors (Lipinski definition) is 3. The van der Waals surface area contributed by atoms with Crippen LogP contribution < -0.4 is 15.4 Å². The van der Waals surface area contributed by atoms with Gasteiger partial charge in [-0.1, -0.05) is 12.1 Å². The van der Waals surface area contributed by atoms with E-state index in [0.717, 1.165) is 38.4 Å². The lowest BCUT2D eigenvalue weighted by Gasteiger charge is -2.22. The van der Waals surface area contributed by atoms with Crippen LogP contribution >= 0.6 is 0 Å². The Kier molecular flexibility index (Phi) is 7.11. The van der Waals surface area contributed by atoms with Crippen LogP contribution in [0.5, 0.6) is 5.75 Å². The van der Waals surface area contributed by atoms with Gasteiger partial charge in [0.25, 0.3) is 0 Å². The summed E-state index contributed by atoms with van der Waals surface area (Å²) in [7, 11) is 0. The molecular formula is C18H25F3N2O2. The molecule has 2 rings (SSSR count). The SMILES string of the molecule is CC(COc1ccccc1C(F)(F)F)NC(=O)CCC1CCNCC1. The fourth-order valence-corrected chi connectivity index (χ4v) is 2.94. The molecule has 1 fully saturated rings. The third-order valence-electron chi connectivity index (χ3n) is 4.33. The first-order chi connectivity index (χ1) is 11.9. The zero-order valence-electron chi connectivity index (χ0n) is 14.4. The van der Waals surface area contributed by atoms with E-state index in [4.69, 9.17) is 4.74 Å². The second-order valence-corrected chi connectivity index (χ2v) is 6.51. The summed E-state index contributed by atoms with van der Waals surface area (Å²) in [6.45, 7) is 3.70. The lowest BCUT2D eigenvalue weighted by Crippen LogP contribution is -2.37. The lowest BCUT2D eigenvalue weighted by atomic mass is 9.93. The smallest absolute Gasteiger partial charge is 0.419 e. The van der Waals surface area contributed by atoms with Gasteiger partial charge in [-0.25, -0.2) is 0 Å². The van der Waals surface area contributed by atoms with E-state index in [0.29, 0.717) is 12.3 Å². The summed E-state index contributed by atoms with van der Waals surface area (Å²) in [5.74, 6) is 0.266. The molecule has 4 nitrogen and oxygen atoms in total. The number of hydrogen-bond donors (Lipinski definition) is 2. The summed E-state index contributed by atoms with van der Waals surface area (Å²) in [6.07, 6.45) is -1.01. The number of alkyl halides is 3. The first-order valence-corrected chi connectivity index (χ1v) is 8.65. The number of carbonyl (C=O) groups excluding carboxylic acids is 1. The molecule has 1 unspecified atom stereocenters. The highest BCUT2D eigenvalue weighted by molar-refractivity contribution is 5.76. The maximum Gasteiger partial charge on any atom is 0.419 e. The molecule has 0 aromatic heterocycles. The van der Waals surface area contributed by atoms with Crippen molar-refractivity contribution >= 4 is 5.91 Å². The lowest BCUT2D eigenvalue weighted by molar-refractivity contribution is -0.139. The second-order valence-electron chi connectivity index (χ2n) is 6.51. The van der Waals surface area contributed by atoms with E-state index in [1.165, 1.54) is 18.2 Å². The third-order valence-corrected chi connectivity index (χ3v) is 4.33. The minimum atomic E-state index is -4.46. The summed E-state index contributed by atoms with van der Waals surface area (Å²) in [6, 6.07) is 4.72. The molecule has 1 saturated heterocycles. The molecule has 1 atom stereocenters. The molecule has 0 radical (unpaired) electrons. The van der Waals surface area contributed by atoms with Gasteiger partial charge in [0.05, 0.1) is 11.6 Å². The van der Waals surface area contributed by atoms with Gasteiger partial charge in [-0.05, 0) is 57.3 Å². The molecule has 1 aromatic carbocycles. The molecule has 7 heteroatoms. The normalized spacial score (nSPS) is 17.1. The van der Waals surface area contributed by atoms with Gasteiger partial charge in [0, 0.05) is 6.42 Å². The summed E-state index contributed by atoms with van der Waals surface area (Å²) in [5.41, 5.74) is -0.806. The molecule has 0 spiro atoms. The molecule has 1 aliphatic rings. The predicted octanol–water partition coefficient (Wildman–Crippen LogP) is 3.37. The van der Waals surface area contributed by atoms with Gasteiger partial charge in [-0.3, -0.25) is 4.79 Å². The van der Waals surface area contributed by atoms with Crippen LogP contribution in [0.2, 0.25) is 0 Å². The molecule has 1 heterocycles. The van der Waals surface area contributed by atoms with E-state index in [-0.39, 0.29) is 24.3 Å². The van der Waals surface area contributed by atoms with Gasteiger partial charge in [0.2, 0.25) is 5.91 Å². The topological polar surface area (TPSA) is 50.4 Å². The number of rotatable bonds is 7. The van der Waals surface area contributed by atoms with Crippen LogP contribution in [-0.4, -0.2) is 31.6 Å². The van der Waals surface area contributed by atoms with Crippen LogP contribution in [0.3, 0.4) is 0 Å². The van der Waals surface area contributed by atoms with Gasteiger partial charge in [-0.15, -0.1) is 0 Å². The van der Waals surface area contributed by atoms with Gasteiger partial charge in [0.15, 0.2) is 0 Å². The Morgan fingerprint density at radius 1 is 1.32 bits per heavy atom. The highest BCUT2D eigenvalue weighted by atomic mass is 19.4. The van der Waals surface area contributed by atoms with Gasteiger partial charge >= 0.3 is 6.18 Å². The van der Waals surface area contributed by atoms with Crippen molar-refractivity contribution in [1.82, 2.24) is 10.6 Å². The van der Waals surface area contributed by atoms with Crippen molar-refractivity contribution in [2.75, 3.05) is 19.7 Å². The van der Waals surface area contributed by atoms with Crippen LogP contribution in [0.25, 0.3) is 0 Å². The van der Waals surface area contributed by atoms with Gasteiger partial charge in [0.1, 0.15) is 12.4 Å². The average molecular weight is 358 g/mol. The fraction of sp³-hybridized carbons (Fsp3) is 0.611. The Morgan fingerprint density at radius 3 is 2.68 bits per heavy atom. The molecule has 0 saturated carbocycles. The Labute approximate surface area is 146 Å². The van der Waals surface area contributed by atoms with E-state index in [1.54, 1.807) is 6.92 Å². The monoisotopic (exact) mass is 358 g/mol. The maximum atomic E-state index is 12.9. The fourth-order valence-electron chi connectivity index (χ4n) is 2.94. The summed E-state index contributed by atoms with van der Waals surface area (Å²) >= 11 is 0. The van der Waals surface area contributed by atoms with Crippen LogP contribution in [0.4, 0.5) is 13.2 Å². The number of para-hydroxylation sites is 1. The van der Waals surface area contributed by atoms with Crippen molar-refractivity contribution in [3.8, 4) is 5.75 Å². The van der Waals surface area contributed by atoms with Crippen molar-refractivity contribution in [3.05, 3.63) is 29.8 Å². The highest BCUT2D eigenvalue weighted by Gasteiger charge is 2.34. The number of piperidine rings is 1. The standard InChI is InChI=1S/C18H25F3N2O2/c1-13(23-17(24)7-6-14-8-10-22-11-9-14)12-25-16-5-3-2-4-15(16)18(19,20)21/h2-5,13-14,22H,6-12H2,1H3,(H,23,24). The van der Waals surface area contributed by atoms with Crippen molar-refractivity contribution in [2.24, 2.45) is 5.92 Å². The summed E-state index contributed by atoms with van der Waals surface area (Å²) < 4.78 is 44.0. The van der Waals surface area contributed by atoms with E-state index < -0.39 is 11.7 Å². The quantitative estimate of drug-likeness (QED) is 0.786. The molecule has 0 bridgehead atoms. The van der Waals surface area contributed by atoms with Crippen molar-refractivity contribution in [2.45, 2.75) is 44.8 Å². The Balaban J connectivity index is 1.75. The largest absolute Gasteiger partial charge is 0.491 e. The van der Waals surface area contributed by atoms with E-state index >= 15 is 0 Å². The van der Waals surface area contributed by atoms with Crippen molar-refractivity contribution < 1.29 is 22.7 Å². The van der Waals surface area contributed by atoms with E-state index in [9.17, 15) is 18.0 Å². The Hall–Kier alpha value is -1.76. The Morgan fingerprint density at radius 2 is 2.00 bits per heavy atom. The van der Waals surface area contributed by atoms with E-state index in [2.05, 4.69) is 10.6 Å². The van der Waals surface area contributed by atoms with Crippen LogP contribution in [0.15, 0.2) is 24.3 Å². The number of halogens is 3. The molecule has 25 heavy (non-hydrogen) atoms. The van der Waals surface area contributed by atoms with Gasteiger partial charge in [-0.2, -0.15) is 13.2 Å². The predicted molar refractivity (Wildman–Crippen MR) is 89.4 cm³/mol. The average Bonchev–Trinajstić information content (AvgIpc) is 2.58. The highest BCUT2D eigenvalue weighted by Crippen LogP contribution is 2.35. The van der Waals surface area contributed by atoms with Crippen LogP contribution in [0.1, 0.15) is 38.2 Å². The first kappa shape index (κ1) is 19.6. The Bertz CT molecular complexity index is 557. The van der Waals surface area contributed by atoms with Gasteiger partial charge < -0.3 is 15.4 Å². The number of amides is 1. The molecule has 0 aliphatic carbocycles. The molecule has 1 amide bonds. The minimum absolute atomic E-state index is 0.00776. The van der Waals surface area contributed by atoms with Crippen molar-refractivity contribution in [1.29, 1.82) is 0 Å². The molecule has 1 aromatic rings. The number of carbonyl (C=O) groups is 1. The summed E-state index contributed by atoms with van der Waals surface area (Å²) in [5, 5.41) is 6.07. The zero-order chi connectivity index (χ0) is 18.3. The maximum absolute atomic E-state index is 12.9. The number of benzene rings is 1. The number of ether oxygens (including phenoxy) is 1. The van der Waals surface area contributed by atoms with Crippen molar-refractivity contribution in [3.63, 3.8) is 0 Å². The molecular weight excluding hydrogens is 333 g/mol. The molecule has 2 N–H and O–H groups in total. The molecule has 1 aliphatic heterocycles. The minimum Gasteiger partial charge on any atom is -0.491 e. The third kappa shape index (κ3) is 6.57. The summed E-state index contributed by atoms with van der Waals surface area (Å²) in [4.78, 5) is 12.0. The molecule has 140 valence electrons. The second kappa shape index (κ2) is 9.08. The van der Waals surface area contributed by atoms with E-state index in [1.807, 2.05) is 0 Å². The van der Waals surface area contributed by atoms with Crippen LogP contribution in [0, 0.1) is 5.92 Å². The van der Waals surface area contributed by atoms with Crippen LogP contribution in [-0.2, 0) is 11.0 Å².